The molecule has 0 aliphatic heterocycles. The van der Waals surface area contributed by atoms with Crippen molar-refractivity contribution in [1.29, 1.82) is 0 Å². The highest BCUT2D eigenvalue weighted by Crippen LogP contribution is 2.16. The van der Waals surface area contributed by atoms with Gasteiger partial charge in [0.05, 0.1) is 11.3 Å². The largest absolute Gasteiger partial charge is 0.363 e. The lowest BCUT2D eigenvalue weighted by atomic mass is 10.2. The number of anilines is 2. The average Bonchev–Trinajstić information content (AvgIpc) is 2.75. The van der Waals surface area contributed by atoms with E-state index in [1.54, 1.807) is 12.3 Å². The fraction of sp³-hybridized carbons (Fsp3) is 0.250. The topological polar surface area (TPSA) is 58.1 Å². The predicted octanol–water partition coefficient (Wildman–Crippen LogP) is 2.16. The number of hydrogen-bond donors (Lipinski definition) is 1. The van der Waals surface area contributed by atoms with Gasteiger partial charge in [0.1, 0.15) is 5.82 Å². The van der Waals surface area contributed by atoms with Crippen molar-refractivity contribution in [2.24, 2.45) is 0 Å². The third-order valence-electron chi connectivity index (χ3n) is 2.31. The van der Waals surface area contributed by atoms with E-state index in [4.69, 9.17) is 0 Å². The molecule has 2 aromatic heterocycles. The SMILES string of the molecule is Cc1csc(NC(=O)c2ccc(N(C)C)nc2)n1. The van der Waals surface area contributed by atoms with Crippen LogP contribution in [-0.2, 0) is 0 Å². The molecule has 0 aliphatic rings. The van der Waals surface area contributed by atoms with Crippen molar-refractivity contribution in [2.45, 2.75) is 6.92 Å². The van der Waals surface area contributed by atoms with Crippen molar-refractivity contribution in [1.82, 2.24) is 9.97 Å². The highest BCUT2D eigenvalue weighted by Gasteiger charge is 2.09. The molecule has 0 bridgehead atoms. The van der Waals surface area contributed by atoms with E-state index in [2.05, 4.69) is 15.3 Å². The first-order chi connectivity index (χ1) is 8.56. The summed E-state index contributed by atoms with van der Waals surface area (Å²) in [5.41, 5.74) is 1.42. The molecule has 0 fully saturated rings. The lowest BCUT2D eigenvalue weighted by Gasteiger charge is -2.10. The number of carbonyl (C=O) groups is 1. The summed E-state index contributed by atoms with van der Waals surface area (Å²) in [6, 6.07) is 3.56. The maximum atomic E-state index is 11.9. The van der Waals surface area contributed by atoms with E-state index in [9.17, 15) is 4.79 Å². The zero-order chi connectivity index (χ0) is 13.1. The van der Waals surface area contributed by atoms with Gasteiger partial charge in [-0.25, -0.2) is 9.97 Å². The molecular formula is C12H14N4OS. The van der Waals surface area contributed by atoms with Crippen LogP contribution >= 0.6 is 11.3 Å². The zero-order valence-electron chi connectivity index (χ0n) is 10.5. The summed E-state index contributed by atoms with van der Waals surface area (Å²) >= 11 is 1.41. The van der Waals surface area contributed by atoms with E-state index in [1.165, 1.54) is 11.3 Å². The van der Waals surface area contributed by atoms with Crippen LogP contribution in [0.1, 0.15) is 16.1 Å². The van der Waals surface area contributed by atoms with Gasteiger partial charge in [-0.2, -0.15) is 0 Å². The minimum atomic E-state index is -0.192. The maximum Gasteiger partial charge on any atom is 0.259 e. The number of nitrogens with zero attached hydrogens (tertiary/aromatic N) is 3. The van der Waals surface area contributed by atoms with Gasteiger partial charge in [0, 0.05) is 25.7 Å². The van der Waals surface area contributed by atoms with E-state index in [0.717, 1.165) is 11.5 Å². The molecule has 0 aromatic carbocycles. The second-order valence-corrected chi connectivity index (χ2v) is 4.91. The first-order valence-electron chi connectivity index (χ1n) is 5.43. The number of rotatable bonds is 3. The van der Waals surface area contributed by atoms with Crippen LogP contribution in [0.5, 0.6) is 0 Å². The van der Waals surface area contributed by atoms with Crippen molar-refractivity contribution in [2.75, 3.05) is 24.3 Å². The van der Waals surface area contributed by atoms with Gasteiger partial charge in [-0.1, -0.05) is 0 Å². The van der Waals surface area contributed by atoms with Crippen LogP contribution in [0, 0.1) is 6.92 Å². The molecule has 0 saturated heterocycles. The van der Waals surface area contributed by atoms with Gasteiger partial charge in [-0.3, -0.25) is 10.1 Å². The quantitative estimate of drug-likeness (QED) is 0.921. The molecule has 0 saturated carbocycles. The number of carbonyl (C=O) groups excluding carboxylic acids is 1. The monoisotopic (exact) mass is 262 g/mol. The Morgan fingerprint density at radius 1 is 1.39 bits per heavy atom. The third-order valence-corrected chi connectivity index (χ3v) is 3.18. The number of aromatic nitrogens is 2. The van der Waals surface area contributed by atoms with Crippen molar-refractivity contribution in [3.05, 3.63) is 35.0 Å². The average molecular weight is 262 g/mol. The molecule has 2 rings (SSSR count). The Morgan fingerprint density at radius 3 is 2.67 bits per heavy atom. The molecule has 0 atom stereocenters. The number of aryl methyl sites for hydroxylation is 1. The molecule has 0 aliphatic carbocycles. The van der Waals surface area contributed by atoms with Crippen molar-refractivity contribution >= 4 is 28.2 Å². The molecule has 1 amide bonds. The summed E-state index contributed by atoms with van der Waals surface area (Å²) in [6.07, 6.45) is 1.56. The van der Waals surface area contributed by atoms with Crippen molar-refractivity contribution in [3.63, 3.8) is 0 Å². The Morgan fingerprint density at radius 2 is 2.17 bits per heavy atom. The molecule has 0 radical (unpaired) electrons. The van der Waals surface area contributed by atoms with Crippen LogP contribution in [0.3, 0.4) is 0 Å². The first-order valence-corrected chi connectivity index (χ1v) is 6.31. The van der Waals surface area contributed by atoms with E-state index >= 15 is 0 Å². The highest BCUT2D eigenvalue weighted by atomic mass is 32.1. The summed E-state index contributed by atoms with van der Waals surface area (Å²) in [4.78, 5) is 22.2. The molecule has 6 heteroatoms. The molecule has 0 spiro atoms. The highest BCUT2D eigenvalue weighted by molar-refractivity contribution is 7.13. The summed E-state index contributed by atoms with van der Waals surface area (Å²) in [5, 5.41) is 5.24. The second-order valence-electron chi connectivity index (χ2n) is 4.05. The Balaban J connectivity index is 2.09. The van der Waals surface area contributed by atoms with Crippen LogP contribution in [0.2, 0.25) is 0 Å². The van der Waals surface area contributed by atoms with Gasteiger partial charge in [-0.05, 0) is 19.1 Å². The Labute approximate surface area is 109 Å². The van der Waals surface area contributed by atoms with Crippen LogP contribution in [-0.4, -0.2) is 30.0 Å². The van der Waals surface area contributed by atoms with Crippen LogP contribution in [0.15, 0.2) is 23.7 Å². The molecule has 2 aromatic rings. The standard InChI is InChI=1S/C12H14N4OS/c1-8-7-18-12(14-8)15-11(17)9-4-5-10(13-6-9)16(2)3/h4-7H,1-3H3,(H,14,15,17). The number of nitrogens with one attached hydrogen (secondary N) is 1. The van der Waals surface area contributed by atoms with Crippen LogP contribution in [0.25, 0.3) is 0 Å². The molecule has 2 heterocycles. The minimum absolute atomic E-state index is 0.192. The van der Waals surface area contributed by atoms with E-state index < -0.39 is 0 Å². The molecule has 1 N–H and O–H groups in total. The van der Waals surface area contributed by atoms with Gasteiger partial charge >= 0.3 is 0 Å². The second kappa shape index (κ2) is 5.14. The van der Waals surface area contributed by atoms with Crippen molar-refractivity contribution in [3.8, 4) is 0 Å². The molecule has 94 valence electrons. The summed E-state index contributed by atoms with van der Waals surface area (Å²) in [7, 11) is 3.81. The van der Waals surface area contributed by atoms with Gasteiger partial charge < -0.3 is 4.90 Å². The summed E-state index contributed by atoms with van der Waals surface area (Å²) in [6.45, 7) is 1.89. The van der Waals surface area contributed by atoms with Gasteiger partial charge in [0.2, 0.25) is 0 Å². The molecular weight excluding hydrogens is 248 g/mol. The predicted molar refractivity (Wildman–Crippen MR) is 73.4 cm³/mol. The smallest absolute Gasteiger partial charge is 0.259 e. The first kappa shape index (κ1) is 12.5. The van der Waals surface area contributed by atoms with Crippen LogP contribution in [0.4, 0.5) is 10.9 Å². The molecule has 18 heavy (non-hydrogen) atoms. The Bertz CT molecular complexity index is 547. The molecule has 0 unspecified atom stereocenters. The lowest BCUT2D eigenvalue weighted by molar-refractivity contribution is 0.102. The summed E-state index contributed by atoms with van der Waals surface area (Å²) in [5.74, 6) is 0.624. The van der Waals surface area contributed by atoms with E-state index in [0.29, 0.717) is 10.7 Å². The number of hydrogen-bond acceptors (Lipinski definition) is 5. The van der Waals surface area contributed by atoms with E-state index in [-0.39, 0.29) is 5.91 Å². The van der Waals surface area contributed by atoms with Gasteiger partial charge in [0.15, 0.2) is 5.13 Å². The number of thiazole rings is 1. The Hall–Kier alpha value is -1.95. The zero-order valence-corrected chi connectivity index (χ0v) is 11.3. The van der Waals surface area contributed by atoms with Crippen LogP contribution < -0.4 is 10.2 Å². The van der Waals surface area contributed by atoms with Gasteiger partial charge in [0.25, 0.3) is 5.91 Å². The number of amides is 1. The number of pyridine rings is 1. The van der Waals surface area contributed by atoms with Crippen molar-refractivity contribution < 1.29 is 4.79 Å². The fourth-order valence-electron chi connectivity index (χ4n) is 1.37. The maximum absolute atomic E-state index is 11.9. The third kappa shape index (κ3) is 2.84. The Kier molecular flexibility index (Phi) is 3.57. The van der Waals surface area contributed by atoms with Gasteiger partial charge in [-0.15, -0.1) is 11.3 Å². The minimum Gasteiger partial charge on any atom is -0.363 e. The molecule has 5 nitrogen and oxygen atoms in total. The summed E-state index contributed by atoms with van der Waals surface area (Å²) < 4.78 is 0. The van der Waals surface area contributed by atoms with E-state index in [1.807, 2.05) is 37.4 Å². The fourth-order valence-corrected chi connectivity index (χ4v) is 2.05. The normalized spacial score (nSPS) is 10.2. The lowest BCUT2D eigenvalue weighted by Crippen LogP contribution is -2.14.